The lowest BCUT2D eigenvalue weighted by molar-refractivity contribution is 0.0273. The molecule has 0 bridgehead atoms. The van der Waals surface area contributed by atoms with E-state index in [4.69, 9.17) is 13.9 Å². The van der Waals surface area contributed by atoms with Crippen molar-refractivity contribution in [2.45, 2.75) is 20.0 Å². The van der Waals surface area contributed by atoms with Crippen molar-refractivity contribution in [3.63, 3.8) is 0 Å². The van der Waals surface area contributed by atoms with Gasteiger partial charge in [0.05, 0.1) is 7.11 Å². The van der Waals surface area contributed by atoms with Crippen molar-refractivity contribution in [3.8, 4) is 17.2 Å². The number of methoxy groups -OCH3 is 1. The number of esters is 1. The zero-order valence-corrected chi connectivity index (χ0v) is 14.5. The average Bonchev–Trinajstić information content (AvgIpc) is 3.31. The third-order valence-electron chi connectivity index (χ3n) is 3.72. The number of benzene rings is 1. The molecular weight excluding hydrogens is 338 g/mol. The molecule has 8 heteroatoms. The minimum Gasteiger partial charge on any atom is -0.497 e. The summed E-state index contributed by atoms with van der Waals surface area (Å²) in [5.41, 5.74) is 1.31. The van der Waals surface area contributed by atoms with Crippen molar-refractivity contribution in [3.05, 3.63) is 53.7 Å². The molecule has 3 aromatic rings. The van der Waals surface area contributed by atoms with Crippen LogP contribution in [0.1, 0.15) is 46.7 Å². The number of ketones is 1. The van der Waals surface area contributed by atoms with Gasteiger partial charge in [0, 0.05) is 17.3 Å². The molecule has 0 aliphatic heterocycles. The number of aromatic nitrogens is 3. The highest BCUT2D eigenvalue weighted by Gasteiger charge is 2.21. The maximum absolute atomic E-state index is 12.1. The van der Waals surface area contributed by atoms with Crippen molar-refractivity contribution in [2.75, 3.05) is 7.11 Å². The number of hydrogen-bond donors (Lipinski definition) is 1. The molecule has 134 valence electrons. The van der Waals surface area contributed by atoms with Crippen LogP contribution in [0.25, 0.3) is 11.5 Å². The first kappa shape index (κ1) is 17.4. The van der Waals surface area contributed by atoms with Crippen molar-refractivity contribution in [1.82, 2.24) is 15.2 Å². The zero-order chi connectivity index (χ0) is 18.7. The maximum Gasteiger partial charge on any atom is 0.355 e. The van der Waals surface area contributed by atoms with E-state index in [1.54, 1.807) is 38.3 Å². The summed E-state index contributed by atoms with van der Waals surface area (Å²) in [7, 11) is 1.58. The van der Waals surface area contributed by atoms with E-state index >= 15 is 0 Å². The molecule has 1 atom stereocenters. The Morgan fingerprint density at radius 2 is 1.92 bits per heavy atom. The smallest absolute Gasteiger partial charge is 0.355 e. The molecule has 2 heterocycles. The van der Waals surface area contributed by atoms with Gasteiger partial charge in [-0.25, -0.2) is 4.79 Å². The quantitative estimate of drug-likeness (QED) is 0.534. The van der Waals surface area contributed by atoms with Crippen molar-refractivity contribution in [2.24, 2.45) is 0 Å². The fourth-order valence-corrected chi connectivity index (χ4v) is 2.24. The number of carbonyl (C=O) groups excluding carboxylic acids is 2. The SMILES string of the molecule is COc1ccc(-c2nnc([C@@H](C)OC(=O)c3cc(C(C)=O)c[nH]3)o2)cc1. The zero-order valence-electron chi connectivity index (χ0n) is 14.5. The van der Waals surface area contributed by atoms with Crippen LogP contribution in [0.5, 0.6) is 5.75 Å². The van der Waals surface area contributed by atoms with E-state index in [0.717, 1.165) is 5.56 Å². The van der Waals surface area contributed by atoms with Crippen LogP contribution in [0, 0.1) is 0 Å². The molecule has 2 aromatic heterocycles. The van der Waals surface area contributed by atoms with E-state index in [1.165, 1.54) is 19.2 Å². The van der Waals surface area contributed by atoms with Crippen molar-refractivity contribution >= 4 is 11.8 Å². The molecular formula is C18H17N3O5. The van der Waals surface area contributed by atoms with Gasteiger partial charge >= 0.3 is 5.97 Å². The minimum absolute atomic E-state index is 0.144. The molecule has 8 nitrogen and oxygen atoms in total. The molecule has 26 heavy (non-hydrogen) atoms. The van der Waals surface area contributed by atoms with Crippen LogP contribution >= 0.6 is 0 Å². The Labute approximate surface area is 149 Å². The third-order valence-corrected chi connectivity index (χ3v) is 3.72. The normalized spacial score (nSPS) is 11.8. The molecule has 3 rings (SSSR count). The summed E-state index contributed by atoms with van der Waals surface area (Å²) in [5, 5.41) is 7.89. The monoisotopic (exact) mass is 355 g/mol. The Morgan fingerprint density at radius 3 is 2.54 bits per heavy atom. The van der Waals surface area contributed by atoms with Crippen molar-refractivity contribution < 1.29 is 23.5 Å². The molecule has 0 saturated carbocycles. The van der Waals surface area contributed by atoms with Gasteiger partial charge in [-0.15, -0.1) is 10.2 Å². The summed E-state index contributed by atoms with van der Waals surface area (Å²) in [5.74, 6) is 0.432. The van der Waals surface area contributed by atoms with Crippen LogP contribution < -0.4 is 4.74 Å². The van der Waals surface area contributed by atoms with Gasteiger partial charge in [-0.3, -0.25) is 4.79 Å². The number of nitrogens with one attached hydrogen (secondary N) is 1. The predicted molar refractivity (Wildman–Crippen MR) is 90.9 cm³/mol. The molecule has 0 amide bonds. The van der Waals surface area contributed by atoms with E-state index in [1.807, 2.05) is 0 Å². The minimum atomic E-state index is -0.744. The maximum atomic E-state index is 12.1. The molecule has 1 aromatic carbocycles. The van der Waals surface area contributed by atoms with Crippen LogP contribution in [-0.4, -0.2) is 34.0 Å². The second kappa shape index (κ2) is 7.22. The number of aromatic amines is 1. The van der Waals surface area contributed by atoms with Gasteiger partial charge in [0.2, 0.25) is 5.89 Å². The summed E-state index contributed by atoms with van der Waals surface area (Å²) in [6.45, 7) is 3.04. The highest BCUT2D eigenvalue weighted by molar-refractivity contribution is 5.97. The van der Waals surface area contributed by atoms with E-state index in [2.05, 4.69) is 15.2 Å². The highest BCUT2D eigenvalue weighted by atomic mass is 16.6. The average molecular weight is 355 g/mol. The van der Waals surface area contributed by atoms with E-state index in [9.17, 15) is 9.59 Å². The van der Waals surface area contributed by atoms with Gasteiger partial charge in [-0.05, 0) is 44.2 Å². The molecule has 0 spiro atoms. The van der Waals surface area contributed by atoms with Gasteiger partial charge in [0.25, 0.3) is 5.89 Å². The second-order valence-corrected chi connectivity index (χ2v) is 5.58. The highest BCUT2D eigenvalue weighted by Crippen LogP contribution is 2.24. The van der Waals surface area contributed by atoms with Crippen LogP contribution in [0.3, 0.4) is 0 Å². The van der Waals surface area contributed by atoms with Gasteiger partial charge in [-0.2, -0.15) is 0 Å². The van der Waals surface area contributed by atoms with Crippen molar-refractivity contribution in [1.29, 1.82) is 0 Å². The summed E-state index contributed by atoms with van der Waals surface area (Å²) >= 11 is 0. The predicted octanol–water partition coefficient (Wildman–Crippen LogP) is 3.19. The Morgan fingerprint density at radius 1 is 1.19 bits per heavy atom. The number of hydrogen-bond acceptors (Lipinski definition) is 7. The Balaban J connectivity index is 1.69. The number of carbonyl (C=O) groups is 2. The van der Waals surface area contributed by atoms with Crippen LogP contribution in [-0.2, 0) is 4.74 Å². The lowest BCUT2D eigenvalue weighted by atomic mass is 10.2. The number of rotatable bonds is 6. The lowest BCUT2D eigenvalue weighted by Gasteiger charge is -2.08. The third kappa shape index (κ3) is 3.64. The molecule has 0 saturated heterocycles. The second-order valence-electron chi connectivity index (χ2n) is 5.58. The fraction of sp³-hybridized carbons (Fsp3) is 0.222. The first-order valence-electron chi connectivity index (χ1n) is 7.86. The molecule has 0 unspecified atom stereocenters. The number of ether oxygens (including phenoxy) is 2. The van der Waals surface area contributed by atoms with Crippen LogP contribution in [0.2, 0.25) is 0 Å². The Hall–Kier alpha value is -3.42. The summed E-state index contributed by atoms with van der Waals surface area (Å²) in [6.07, 6.45) is 0.712. The summed E-state index contributed by atoms with van der Waals surface area (Å²) in [6, 6.07) is 8.57. The van der Waals surface area contributed by atoms with Gasteiger partial charge in [0.15, 0.2) is 11.9 Å². The Bertz CT molecular complexity index is 926. The Kier molecular flexibility index (Phi) is 4.83. The molecule has 0 radical (unpaired) electrons. The van der Waals surface area contributed by atoms with E-state index in [0.29, 0.717) is 17.2 Å². The summed E-state index contributed by atoms with van der Waals surface area (Å²) < 4.78 is 16.0. The lowest BCUT2D eigenvalue weighted by Crippen LogP contribution is -2.10. The number of Topliss-reactive ketones (excluding diaryl/α,β-unsaturated/α-hetero) is 1. The number of H-pyrrole nitrogens is 1. The van der Waals surface area contributed by atoms with E-state index < -0.39 is 12.1 Å². The van der Waals surface area contributed by atoms with Gasteiger partial charge < -0.3 is 18.9 Å². The largest absolute Gasteiger partial charge is 0.497 e. The molecule has 0 aliphatic rings. The van der Waals surface area contributed by atoms with Crippen LogP contribution in [0.4, 0.5) is 0 Å². The topological polar surface area (TPSA) is 107 Å². The van der Waals surface area contributed by atoms with Gasteiger partial charge in [-0.1, -0.05) is 0 Å². The van der Waals surface area contributed by atoms with E-state index in [-0.39, 0.29) is 17.4 Å². The van der Waals surface area contributed by atoms with Crippen LogP contribution in [0.15, 0.2) is 40.9 Å². The number of nitrogens with zero attached hydrogens (tertiary/aromatic N) is 2. The first-order chi connectivity index (χ1) is 12.5. The fourth-order valence-electron chi connectivity index (χ4n) is 2.24. The summed E-state index contributed by atoms with van der Waals surface area (Å²) in [4.78, 5) is 26.1. The molecule has 0 aliphatic carbocycles. The molecule has 1 N–H and O–H groups in total. The standard InChI is InChI=1S/C18H17N3O5/c1-10(22)13-8-15(19-9-13)18(23)25-11(2)16-20-21-17(26-16)12-4-6-14(24-3)7-5-12/h4-9,11,19H,1-3H3/t11-/m1/s1. The molecule has 0 fully saturated rings. The first-order valence-corrected chi connectivity index (χ1v) is 7.86. The van der Waals surface area contributed by atoms with Gasteiger partial charge in [0.1, 0.15) is 11.4 Å².